The second-order valence-electron chi connectivity index (χ2n) is 8.62. The zero-order chi connectivity index (χ0) is 23.0. The number of aliphatic hydroxyl groups excluding tert-OH is 3. The molecule has 0 saturated heterocycles. The highest BCUT2D eigenvalue weighted by molar-refractivity contribution is 5.40. The maximum absolute atomic E-state index is 9.49. The Morgan fingerprint density at radius 1 is 0.333 bits per heavy atom. The molecule has 0 fully saturated rings. The molecule has 0 heterocycles. The summed E-state index contributed by atoms with van der Waals surface area (Å²) in [5.41, 5.74) is 9.98. The van der Waals surface area contributed by atoms with Crippen LogP contribution < -0.4 is 0 Å². The summed E-state index contributed by atoms with van der Waals surface area (Å²) in [5, 5.41) is 28.5. The van der Waals surface area contributed by atoms with Crippen molar-refractivity contribution in [3.05, 3.63) is 141 Å². The van der Waals surface area contributed by atoms with Crippen molar-refractivity contribution < 1.29 is 15.3 Å². The Labute approximate surface area is 195 Å². The normalized spacial score (nSPS) is 11.0. The van der Waals surface area contributed by atoms with Crippen molar-refractivity contribution in [2.75, 3.05) is 0 Å². The van der Waals surface area contributed by atoms with E-state index in [1.807, 2.05) is 36.4 Å². The highest BCUT2D eigenvalue weighted by Gasteiger charge is 2.07. The van der Waals surface area contributed by atoms with Gasteiger partial charge in [-0.15, -0.1) is 0 Å². The van der Waals surface area contributed by atoms with Gasteiger partial charge in [-0.05, 0) is 69.3 Å². The van der Waals surface area contributed by atoms with Crippen LogP contribution in [-0.2, 0) is 39.1 Å². The van der Waals surface area contributed by atoms with Gasteiger partial charge in [0.1, 0.15) is 0 Å². The largest absolute Gasteiger partial charge is 0.392 e. The fourth-order valence-corrected chi connectivity index (χ4v) is 4.37. The van der Waals surface area contributed by atoms with Crippen molar-refractivity contribution >= 4 is 0 Å². The molecule has 0 bridgehead atoms. The summed E-state index contributed by atoms with van der Waals surface area (Å²) < 4.78 is 0. The molecule has 0 aromatic heterocycles. The second-order valence-corrected chi connectivity index (χ2v) is 8.62. The molecule has 4 rings (SSSR count). The summed E-state index contributed by atoms with van der Waals surface area (Å²) in [5.74, 6) is 0. The van der Waals surface area contributed by atoms with Crippen molar-refractivity contribution in [1.82, 2.24) is 0 Å². The molecule has 4 aromatic rings. The molecule has 0 atom stereocenters. The lowest BCUT2D eigenvalue weighted by molar-refractivity contribution is 0.281. The lowest BCUT2D eigenvalue weighted by Gasteiger charge is -2.12. The Morgan fingerprint density at radius 3 is 0.848 bits per heavy atom. The summed E-state index contributed by atoms with van der Waals surface area (Å²) in [7, 11) is 0. The maximum atomic E-state index is 9.49. The van der Waals surface area contributed by atoms with Crippen LogP contribution in [0.15, 0.2) is 91.0 Å². The van der Waals surface area contributed by atoms with Crippen LogP contribution in [0.2, 0.25) is 0 Å². The molecule has 0 saturated carbocycles. The molecule has 0 aliphatic carbocycles. The molecule has 0 amide bonds. The standard InChI is InChI=1S/C30H30O3/c31-19-25-7-1-4-22(10-25)13-28-16-29(14-23-5-2-8-26(11-23)20-32)18-30(17-28)15-24-6-3-9-27(12-24)21-33/h1-12,16-18,31-33H,13-15,19-21H2. The van der Waals surface area contributed by atoms with Gasteiger partial charge in [-0.3, -0.25) is 0 Å². The molecule has 0 aliphatic rings. The van der Waals surface area contributed by atoms with E-state index in [0.717, 1.165) is 36.0 Å². The monoisotopic (exact) mass is 438 g/mol. The minimum Gasteiger partial charge on any atom is -0.392 e. The zero-order valence-electron chi connectivity index (χ0n) is 18.7. The third-order valence-corrected chi connectivity index (χ3v) is 5.86. The van der Waals surface area contributed by atoms with Gasteiger partial charge in [0.2, 0.25) is 0 Å². The predicted molar refractivity (Wildman–Crippen MR) is 132 cm³/mol. The van der Waals surface area contributed by atoms with Crippen molar-refractivity contribution in [3.63, 3.8) is 0 Å². The molecule has 3 heteroatoms. The number of benzene rings is 4. The average Bonchev–Trinajstić information content (AvgIpc) is 2.84. The lowest BCUT2D eigenvalue weighted by atomic mass is 9.93. The molecule has 3 N–H and O–H groups in total. The molecule has 0 spiro atoms. The van der Waals surface area contributed by atoms with E-state index in [4.69, 9.17) is 0 Å². The molecular formula is C30H30O3. The third kappa shape index (κ3) is 6.39. The summed E-state index contributed by atoms with van der Waals surface area (Å²) in [6.07, 6.45) is 2.38. The van der Waals surface area contributed by atoms with Crippen LogP contribution in [0, 0.1) is 0 Å². The Hall–Kier alpha value is -3.24. The quantitative estimate of drug-likeness (QED) is 0.347. The van der Waals surface area contributed by atoms with Crippen LogP contribution in [-0.4, -0.2) is 15.3 Å². The van der Waals surface area contributed by atoms with Crippen molar-refractivity contribution in [3.8, 4) is 0 Å². The molecule has 33 heavy (non-hydrogen) atoms. The van der Waals surface area contributed by atoms with Gasteiger partial charge in [0, 0.05) is 0 Å². The van der Waals surface area contributed by atoms with E-state index in [0.29, 0.717) is 0 Å². The Bertz CT molecular complexity index is 1050. The van der Waals surface area contributed by atoms with Crippen LogP contribution in [0.4, 0.5) is 0 Å². The highest BCUT2D eigenvalue weighted by Crippen LogP contribution is 2.21. The lowest BCUT2D eigenvalue weighted by Crippen LogP contribution is -1.99. The molecule has 0 aliphatic heterocycles. The van der Waals surface area contributed by atoms with E-state index >= 15 is 0 Å². The van der Waals surface area contributed by atoms with Gasteiger partial charge in [-0.2, -0.15) is 0 Å². The number of hydrogen-bond donors (Lipinski definition) is 3. The SMILES string of the molecule is OCc1cccc(Cc2cc(Cc3cccc(CO)c3)cc(Cc3cccc(CO)c3)c2)c1. The molecule has 3 nitrogen and oxygen atoms in total. The smallest absolute Gasteiger partial charge is 0.0681 e. The Morgan fingerprint density at radius 2 is 0.576 bits per heavy atom. The number of aliphatic hydroxyl groups is 3. The van der Waals surface area contributed by atoms with Gasteiger partial charge < -0.3 is 15.3 Å². The van der Waals surface area contributed by atoms with Crippen LogP contribution in [0.1, 0.15) is 50.1 Å². The first-order chi connectivity index (χ1) is 16.1. The number of hydrogen-bond acceptors (Lipinski definition) is 3. The fourth-order valence-electron chi connectivity index (χ4n) is 4.37. The van der Waals surface area contributed by atoms with E-state index in [1.54, 1.807) is 0 Å². The Kier molecular flexibility index (Phi) is 7.69. The van der Waals surface area contributed by atoms with Gasteiger partial charge in [0.15, 0.2) is 0 Å². The van der Waals surface area contributed by atoms with Crippen LogP contribution in [0.3, 0.4) is 0 Å². The molecule has 4 aromatic carbocycles. The molecule has 168 valence electrons. The van der Waals surface area contributed by atoms with Crippen LogP contribution in [0.25, 0.3) is 0 Å². The predicted octanol–water partition coefficient (Wildman–Crippen LogP) is 4.94. The minimum atomic E-state index is 0.0432. The zero-order valence-corrected chi connectivity index (χ0v) is 18.7. The van der Waals surface area contributed by atoms with Gasteiger partial charge in [-0.1, -0.05) is 91.0 Å². The minimum absolute atomic E-state index is 0.0432. The Balaban J connectivity index is 1.66. The van der Waals surface area contributed by atoms with Gasteiger partial charge >= 0.3 is 0 Å². The van der Waals surface area contributed by atoms with Crippen LogP contribution in [0.5, 0.6) is 0 Å². The first kappa shape index (κ1) is 22.9. The summed E-state index contributed by atoms with van der Waals surface area (Å²) in [6, 6.07) is 31.0. The topological polar surface area (TPSA) is 60.7 Å². The molecule has 0 radical (unpaired) electrons. The third-order valence-electron chi connectivity index (χ3n) is 5.86. The van der Waals surface area contributed by atoms with E-state index in [2.05, 4.69) is 54.6 Å². The first-order valence-electron chi connectivity index (χ1n) is 11.3. The molecular weight excluding hydrogens is 408 g/mol. The van der Waals surface area contributed by atoms with E-state index in [9.17, 15) is 15.3 Å². The second kappa shape index (κ2) is 11.1. The summed E-state index contributed by atoms with van der Waals surface area (Å²) >= 11 is 0. The van der Waals surface area contributed by atoms with Gasteiger partial charge in [-0.25, -0.2) is 0 Å². The summed E-state index contributed by atoms with van der Waals surface area (Å²) in [4.78, 5) is 0. The van der Waals surface area contributed by atoms with Gasteiger partial charge in [0.25, 0.3) is 0 Å². The van der Waals surface area contributed by atoms with E-state index < -0.39 is 0 Å². The van der Waals surface area contributed by atoms with Crippen molar-refractivity contribution in [2.24, 2.45) is 0 Å². The molecule has 0 unspecified atom stereocenters. The first-order valence-corrected chi connectivity index (χ1v) is 11.3. The number of rotatable bonds is 9. The van der Waals surface area contributed by atoms with Crippen molar-refractivity contribution in [2.45, 2.75) is 39.1 Å². The van der Waals surface area contributed by atoms with Crippen molar-refractivity contribution in [1.29, 1.82) is 0 Å². The fraction of sp³-hybridized carbons (Fsp3) is 0.200. The van der Waals surface area contributed by atoms with Crippen LogP contribution >= 0.6 is 0 Å². The van der Waals surface area contributed by atoms with Gasteiger partial charge in [0.05, 0.1) is 19.8 Å². The average molecular weight is 439 g/mol. The van der Waals surface area contributed by atoms with E-state index in [1.165, 1.54) is 33.4 Å². The van der Waals surface area contributed by atoms with E-state index in [-0.39, 0.29) is 19.8 Å². The maximum Gasteiger partial charge on any atom is 0.0681 e. The summed E-state index contributed by atoms with van der Waals surface area (Å²) in [6.45, 7) is 0.130. The highest BCUT2D eigenvalue weighted by atomic mass is 16.3.